The number of hydrogen-bond acceptors (Lipinski definition) is 4. The van der Waals surface area contributed by atoms with Crippen LogP contribution >= 0.6 is 7.60 Å². The Morgan fingerprint density at radius 2 is 1.76 bits per heavy atom. The molecule has 0 saturated carbocycles. The highest BCUT2D eigenvalue weighted by Gasteiger charge is 2.50. The van der Waals surface area contributed by atoms with Crippen molar-refractivity contribution in [2.45, 2.75) is 46.2 Å². The maximum absolute atomic E-state index is 12.7. The summed E-state index contributed by atoms with van der Waals surface area (Å²) in [6.45, 7) is 8.91. The predicted octanol–water partition coefficient (Wildman–Crippen LogP) is 3.57. The molecule has 0 heterocycles. The average molecular weight is 262 g/mol. The lowest BCUT2D eigenvalue weighted by molar-refractivity contribution is -0.119. The zero-order valence-corrected chi connectivity index (χ0v) is 12.3. The quantitative estimate of drug-likeness (QED) is 0.495. The highest BCUT2D eigenvalue weighted by atomic mass is 31.2. The molecule has 0 aliphatic rings. The molecule has 0 aliphatic carbocycles. The predicted molar refractivity (Wildman–Crippen MR) is 69.4 cm³/mol. The van der Waals surface area contributed by atoms with Crippen molar-refractivity contribution in [3.05, 3.63) is 12.2 Å². The van der Waals surface area contributed by atoms with Gasteiger partial charge in [0.05, 0.1) is 13.2 Å². The van der Waals surface area contributed by atoms with E-state index >= 15 is 0 Å². The minimum Gasteiger partial charge on any atom is -0.308 e. The Bertz CT molecular complexity index is 314. The maximum Gasteiger partial charge on any atom is 0.344 e. The molecule has 0 bridgehead atoms. The van der Waals surface area contributed by atoms with Gasteiger partial charge in [-0.25, -0.2) is 0 Å². The lowest BCUT2D eigenvalue weighted by Gasteiger charge is -2.33. The summed E-state index contributed by atoms with van der Waals surface area (Å²) < 4.78 is 23.2. The van der Waals surface area contributed by atoms with Crippen molar-refractivity contribution < 1.29 is 18.4 Å². The van der Waals surface area contributed by atoms with E-state index < -0.39 is 12.8 Å². The summed E-state index contributed by atoms with van der Waals surface area (Å²) >= 11 is 0. The molecule has 0 radical (unpaired) electrons. The van der Waals surface area contributed by atoms with Gasteiger partial charge in [0.2, 0.25) is 0 Å². The summed E-state index contributed by atoms with van der Waals surface area (Å²) in [6.07, 6.45) is 3.99. The van der Waals surface area contributed by atoms with E-state index in [9.17, 15) is 9.36 Å². The number of carbonyl (C=O) groups excluding carboxylic acids is 1. The Balaban J connectivity index is 5.36. The molecule has 100 valence electrons. The van der Waals surface area contributed by atoms with E-state index in [4.69, 9.17) is 9.05 Å². The lowest BCUT2D eigenvalue weighted by atomic mass is 10.0. The third-order valence-electron chi connectivity index (χ3n) is 2.71. The Morgan fingerprint density at radius 1 is 1.29 bits per heavy atom. The van der Waals surface area contributed by atoms with Crippen LogP contribution in [0, 0.1) is 0 Å². The van der Waals surface area contributed by atoms with Crippen LogP contribution in [0.5, 0.6) is 0 Å². The zero-order chi connectivity index (χ0) is 13.5. The molecule has 17 heavy (non-hydrogen) atoms. The van der Waals surface area contributed by atoms with Crippen LogP contribution in [0.3, 0.4) is 0 Å². The molecule has 0 aliphatic heterocycles. The van der Waals surface area contributed by atoms with Crippen LogP contribution in [0.1, 0.15) is 41.0 Å². The number of Topliss-reactive ketones (excluding diaryl/α,β-unsaturated/α-hetero) is 1. The van der Waals surface area contributed by atoms with Gasteiger partial charge in [-0.3, -0.25) is 9.36 Å². The van der Waals surface area contributed by atoms with E-state index in [1.54, 1.807) is 20.8 Å². The Labute approximate surface area is 104 Å². The first-order valence-electron chi connectivity index (χ1n) is 5.89. The van der Waals surface area contributed by atoms with Gasteiger partial charge in [0, 0.05) is 0 Å². The summed E-state index contributed by atoms with van der Waals surface area (Å²) in [5.74, 6) is -0.180. The Hall–Kier alpha value is -0.440. The first kappa shape index (κ1) is 16.6. The Morgan fingerprint density at radius 3 is 2.06 bits per heavy atom. The first-order chi connectivity index (χ1) is 7.88. The van der Waals surface area contributed by atoms with Crippen LogP contribution in [0.2, 0.25) is 0 Å². The highest BCUT2D eigenvalue weighted by Crippen LogP contribution is 2.61. The molecular weight excluding hydrogens is 239 g/mol. The van der Waals surface area contributed by atoms with Crippen molar-refractivity contribution in [2.75, 3.05) is 13.2 Å². The van der Waals surface area contributed by atoms with Crippen LogP contribution in [0.15, 0.2) is 12.2 Å². The molecule has 0 rings (SSSR count). The molecule has 0 fully saturated rings. The van der Waals surface area contributed by atoms with Gasteiger partial charge in [-0.1, -0.05) is 12.2 Å². The van der Waals surface area contributed by atoms with E-state index in [2.05, 4.69) is 0 Å². The van der Waals surface area contributed by atoms with Gasteiger partial charge >= 0.3 is 7.60 Å². The van der Waals surface area contributed by atoms with Crippen molar-refractivity contribution in [3.63, 3.8) is 0 Å². The smallest absolute Gasteiger partial charge is 0.308 e. The van der Waals surface area contributed by atoms with Gasteiger partial charge in [0.15, 0.2) is 0 Å². The Kier molecular flexibility index (Phi) is 6.91. The normalized spacial score (nSPS) is 16.1. The van der Waals surface area contributed by atoms with Crippen molar-refractivity contribution >= 4 is 13.4 Å². The van der Waals surface area contributed by atoms with Gasteiger partial charge in [0.1, 0.15) is 10.9 Å². The van der Waals surface area contributed by atoms with E-state index in [1.165, 1.54) is 6.92 Å². The molecule has 1 unspecified atom stereocenters. The van der Waals surface area contributed by atoms with Gasteiger partial charge < -0.3 is 9.05 Å². The second-order valence-corrected chi connectivity index (χ2v) is 6.43. The molecule has 0 spiro atoms. The summed E-state index contributed by atoms with van der Waals surface area (Å²) in [6, 6.07) is 0. The van der Waals surface area contributed by atoms with Gasteiger partial charge in [-0.15, -0.1) is 0 Å². The zero-order valence-electron chi connectivity index (χ0n) is 11.4. The molecule has 4 nitrogen and oxygen atoms in total. The molecule has 0 saturated heterocycles. The van der Waals surface area contributed by atoms with Gasteiger partial charge in [-0.2, -0.15) is 0 Å². The fourth-order valence-electron chi connectivity index (χ4n) is 1.46. The average Bonchev–Trinajstić information content (AvgIpc) is 2.26. The third kappa shape index (κ3) is 3.77. The van der Waals surface area contributed by atoms with Gasteiger partial charge in [-0.05, 0) is 41.0 Å². The maximum atomic E-state index is 12.7. The second kappa shape index (κ2) is 7.10. The summed E-state index contributed by atoms with van der Waals surface area (Å²) in [5, 5.41) is -1.11. The van der Waals surface area contributed by atoms with Crippen LogP contribution < -0.4 is 0 Å². The molecule has 0 aromatic heterocycles. The minimum absolute atomic E-state index is 0.180. The van der Waals surface area contributed by atoms with Crippen molar-refractivity contribution in [2.24, 2.45) is 0 Å². The number of carbonyl (C=O) groups is 1. The summed E-state index contributed by atoms with van der Waals surface area (Å²) in [7, 11) is -3.43. The van der Waals surface area contributed by atoms with Crippen LogP contribution in [0.4, 0.5) is 0 Å². The number of allylic oxidation sites excluding steroid dienone is 2. The lowest BCUT2D eigenvalue weighted by Crippen LogP contribution is -2.34. The van der Waals surface area contributed by atoms with Crippen molar-refractivity contribution in [1.82, 2.24) is 0 Å². The molecule has 0 N–H and O–H groups in total. The van der Waals surface area contributed by atoms with E-state index in [0.29, 0.717) is 6.42 Å². The summed E-state index contributed by atoms with van der Waals surface area (Å²) in [5.41, 5.74) is 0. The van der Waals surface area contributed by atoms with E-state index in [-0.39, 0.29) is 19.0 Å². The fourth-order valence-corrected chi connectivity index (χ4v) is 3.50. The second-order valence-electron chi connectivity index (χ2n) is 3.94. The van der Waals surface area contributed by atoms with Crippen LogP contribution in [-0.2, 0) is 18.4 Å². The molecule has 0 aromatic rings. The number of rotatable bonds is 8. The molecule has 1 atom stereocenters. The van der Waals surface area contributed by atoms with Crippen molar-refractivity contribution in [1.29, 1.82) is 0 Å². The van der Waals surface area contributed by atoms with Gasteiger partial charge in [0.25, 0.3) is 0 Å². The molecule has 0 amide bonds. The first-order valence-corrected chi connectivity index (χ1v) is 7.43. The minimum atomic E-state index is -3.43. The SMILES string of the molecule is C/C=C/CC(C)(C(C)=O)P(=O)(OCC)OCC. The van der Waals surface area contributed by atoms with E-state index in [1.807, 2.05) is 19.1 Å². The van der Waals surface area contributed by atoms with Crippen molar-refractivity contribution in [3.8, 4) is 0 Å². The number of ketones is 1. The van der Waals surface area contributed by atoms with E-state index in [0.717, 1.165) is 0 Å². The largest absolute Gasteiger partial charge is 0.344 e. The topological polar surface area (TPSA) is 52.6 Å². The molecule has 5 heteroatoms. The van der Waals surface area contributed by atoms with Crippen LogP contribution in [0.25, 0.3) is 0 Å². The summed E-state index contributed by atoms with van der Waals surface area (Å²) in [4.78, 5) is 11.8. The highest BCUT2D eigenvalue weighted by molar-refractivity contribution is 7.56. The monoisotopic (exact) mass is 262 g/mol. The van der Waals surface area contributed by atoms with Crippen LogP contribution in [-0.4, -0.2) is 24.2 Å². The molecular formula is C12H23O4P. The fraction of sp³-hybridized carbons (Fsp3) is 0.750. The molecule has 0 aromatic carbocycles. The third-order valence-corrected chi connectivity index (χ3v) is 5.61. The number of hydrogen-bond donors (Lipinski definition) is 0. The standard InChI is InChI=1S/C12H23O4P/c1-6-9-10-12(5,11(4)13)17(14,15-7-2)16-8-3/h6,9H,7-8,10H2,1-5H3/b9-6+.